The van der Waals surface area contributed by atoms with Crippen LogP contribution in [0.4, 0.5) is 55.2 Å². The number of hydrogen-bond donors (Lipinski definition) is 6. The zero-order valence-electron chi connectivity index (χ0n) is 26.1. The first-order valence-corrected chi connectivity index (χ1v) is 15.0. The molecule has 0 atom stereocenters. The van der Waals surface area contributed by atoms with Crippen molar-refractivity contribution in [1.29, 1.82) is 0 Å². The van der Waals surface area contributed by atoms with Crippen molar-refractivity contribution in [2.45, 2.75) is 31.6 Å². The van der Waals surface area contributed by atoms with Crippen LogP contribution in [-0.4, -0.2) is 94.7 Å². The number of carboxylic acids is 2. The van der Waals surface area contributed by atoms with Crippen molar-refractivity contribution >= 4 is 64.2 Å². The zero-order chi connectivity index (χ0) is 38.2. The van der Waals surface area contributed by atoms with E-state index in [4.69, 9.17) is 31.4 Å². The molecule has 1 fully saturated rings. The van der Waals surface area contributed by atoms with Crippen molar-refractivity contribution in [3.63, 3.8) is 0 Å². The molecule has 6 N–H and O–H groups in total. The number of aromatic amines is 1. The maximum atomic E-state index is 12.9. The Bertz CT molecular complexity index is 1900. The number of hydrogen-bond acceptors (Lipinski definition) is 11. The van der Waals surface area contributed by atoms with Crippen molar-refractivity contribution in [1.82, 2.24) is 35.3 Å². The van der Waals surface area contributed by atoms with Crippen LogP contribution in [-0.2, 0) is 27.2 Å². The number of H-pyrrole nitrogens is 1. The summed E-state index contributed by atoms with van der Waals surface area (Å²) in [6.07, 6.45) is -1.92. The highest BCUT2D eigenvalue weighted by molar-refractivity contribution is 6.32. The average Bonchev–Trinajstić information content (AvgIpc) is 3.59. The lowest BCUT2D eigenvalue weighted by Gasteiger charge is -2.38. The number of rotatable bonds is 4. The molecule has 276 valence electrons. The molecule has 0 aliphatic carbocycles. The summed E-state index contributed by atoms with van der Waals surface area (Å²) in [5.41, 5.74) is 4.56. The minimum atomic E-state index is -5.08. The highest BCUT2D eigenvalue weighted by Crippen LogP contribution is 2.30. The van der Waals surface area contributed by atoms with Gasteiger partial charge < -0.3 is 31.1 Å². The minimum absolute atomic E-state index is 0.0901. The quantitative estimate of drug-likeness (QED) is 0.157. The van der Waals surface area contributed by atoms with Crippen LogP contribution in [0.3, 0.4) is 0 Å². The lowest BCUT2D eigenvalue weighted by Crippen LogP contribution is -2.51. The summed E-state index contributed by atoms with van der Waals surface area (Å²) in [6, 6.07) is 7.73. The molecule has 16 nitrogen and oxygen atoms in total. The van der Waals surface area contributed by atoms with Crippen molar-refractivity contribution in [2.75, 3.05) is 29.0 Å². The number of alkyl halides is 6. The highest BCUT2D eigenvalue weighted by atomic mass is 35.5. The van der Waals surface area contributed by atoms with Crippen LogP contribution in [0.15, 0.2) is 49.1 Å². The molecule has 2 aliphatic heterocycles. The predicted molar refractivity (Wildman–Crippen MR) is 168 cm³/mol. The number of anilines is 5. The number of halogens is 7. The predicted octanol–water partition coefficient (Wildman–Crippen LogP) is 4.60. The summed E-state index contributed by atoms with van der Waals surface area (Å²) in [7, 11) is 0. The Labute approximate surface area is 292 Å². The monoisotopic (exact) mass is 758 g/mol. The molecule has 2 amide bonds. The number of carbonyl (C=O) groups is 4. The van der Waals surface area contributed by atoms with Crippen LogP contribution in [0.1, 0.15) is 28.0 Å². The summed E-state index contributed by atoms with van der Waals surface area (Å²) >= 11 is 6.34. The lowest BCUT2D eigenvalue weighted by atomic mass is 9.95. The molecule has 0 spiro atoms. The first-order chi connectivity index (χ1) is 24.4. The van der Waals surface area contributed by atoms with Gasteiger partial charge >= 0.3 is 24.3 Å². The van der Waals surface area contributed by atoms with E-state index in [1.807, 2.05) is 30.5 Å². The van der Waals surface area contributed by atoms with Gasteiger partial charge in [0.2, 0.25) is 11.9 Å². The molecule has 6 bridgehead atoms. The topological polar surface area (TPSA) is 228 Å². The Hall–Kier alpha value is -6.06. The molecule has 6 rings (SSSR count). The number of aliphatic carboxylic acids is 2. The summed E-state index contributed by atoms with van der Waals surface area (Å²) in [6.45, 7) is 1.02. The number of benzene rings is 1. The van der Waals surface area contributed by atoms with Crippen LogP contribution < -0.4 is 16.0 Å². The highest BCUT2D eigenvalue weighted by Gasteiger charge is 2.39. The number of likely N-dealkylation sites (tertiary alicyclic amines) is 1. The molecule has 1 aromatic carbocycles. The molecular weight excluding hydrogens is 734 g/mol. The number of nitrogens with zero attached hydrogens (tertiary/aromatic N) is 6. The number of fused-ring (bicyclic) bond motifs is 6. The number of pyridine rings is 1. The molecule has 4 aromatic rings. The third-order valence-electron chi connectivity index (χ3n) is 6.96. The Balaban J connectivity index is 0.000000367. The van der Waals surface area contributed by atoms with Crippen LogP contribution in [0.2, 0.25) is 5.02 Å². The van der Waals surface area contributed by atoms with Crippen LogP contribution in [0.5, 0.6) is 0 Å². The van der Waals surface area contributed by atoms with E-state index in [-0.39, 0.29) is 23.4 Å². The second-order valence-corrected chi connectivity index (χ2v) is 11.3. The van der Waals surface area contributed by atoms with Gasteiger partial charge in [-0.15, -0.1) is 5.10 Å². The molecule has 0 saturated carbocycles. The molecule has 23 heteroatoms. The summed E-state index contributed by atoms with van der Waals surface area (Å²) in [5, 5.41) is 34.0. The largest absolute Gasteiger partial charge is 0.490 e. The van der Waals surface area contributed by atoms with E-state index in [1.54, 1.807) is 11.1 Å². The number of aromatic nitrogens is 6. The average molecular weight is 759 g/mol. The Morgan fingerprint density at radius 2 is 1.60 bits per heavy atom. The third-order valence-corrected chi connectivity index (χ3v) is 7.24. The molecule has 3 aromatic heterocycles. The summed E-state index contributed by atoms with van der Waals surface area (Å²) in [5.74, 6) is -4.84. The van der Waals surface area contributed by atoms with Crippen molar-refractivity contribution < 1.29 is 55.7 Å². The van der Waals surface area contributed by atoms with Crippen molar-refractivity contribution in [3.8, 4) is 0 Å². The molecular formula is C29H25ClF6N10O6. The van der Waals surface area contributed by atoms with Gasteiger partial charge in [0.15, 0.2) is 11.5 Å². The molecule has 0 radical (unpaired) electrons. The molecule has 2 aliphatic rings. The maximum Gasteiger partial charge on any atom is 0.490 e. The van der Waals surface area contributed by atoms with Crippen molar-refractivity contribution in [2.24, 2.45) is 5.92 Å². The summed E-state index contributed by atoms with van der Waals surface area (Å²) < 4.78 is 63.5. The lowest BCUT2D eigenvalue weighted by molar-refractivity contribution is -0.193. The van der Waals surface area contributed by atoms with E-state index in [2.05, 4.69) is 46.3 Å². The number of amides is 2. The number of nitrogens with one attached hydrogen (secondary N) is 4. The maximum absolute atomic E-state index is 12.9. The minimum Gasteiger partial charge on any atom is -0.475 e. The Morgan fingerprint density at radius 1 is 0.923 bits per heavy atom. The number of carboxylic acid groups (broad SMARTS) is 2. The Morgan fingerprint density at radius 3 is 2.21 bits per heavy atom. The fourth-order valence-electron chi connectivity index (χ4n) is 4.55. The van der Waals surface area contributed by atoms with Gasteiger partial charge in [0.25, 0.3) is 5.91 Å². The number of carbonyl (C=O) groups excluding carboxylic acids is 2. The van der Waals surface area contributed by atoms with E-state index in [0.717, 1.165) is 34.6 Å². The van der Waals surface area contributed by atoms with E-state index in [0.29, 0.717) is 42.7 Å². The van der Waals surface area contributed by atoms with Crippen LogP contribution in [0, 0.1) is 5.92 Å². The summed E-state index contributed by atoms with van der Waals surface area (Å²) in [4.78, 5) is 57.8. The van der Waals surface area contributed by atoms with Gasteiger partial charge in [0, 0.05) is 43.0 Å². The van der Waals surface area contributed by atoms with Crippen molar-refractivity contribution in [3.05, 3.63) is 70.9 Å². The second kappa shape index (κ2) is 16.3. The van der Waals surface area contributed by atoms with Gasteiger partial charge in [-0.2, -0.15) is 31.3 Å². The second-order valence-electron chi connectivity index (χ2n) is 10.9. The van der Waals surface area contributed by atoms with Gasteiger partial charge in [-0.05, 0) is 48.2 Å². The fraction of sp³-hybridized carbons (Fsp3) is 0.276. The SMILES string of the molecule is O=C(CC1CN(C(=O)c2c[nH]nn2)C1)Nc1ccc2cc1CCc1cncc(c1)Nc1ncc(Cl)c(n1)N2.O=C(O)C(F)(F)F.O=C(O)C(F)(F)F. The molecule has 0 unspecified atom stereocenters. The van der Waals surface area contributed by atoms with E-state index in [9.17, 15) is 35.9 Å². The van der Waals surface area contributed by atoms with Gasteiger partial charge in [-0.25, -0.2) is 14.6 Å². The van der Waals surface area contributed by atoms with Gasteiger partial charge in [-0.1, -0.05) is 16.8 Å². The normalized spacial score (nSPS) is 13.7. The van der Waals surface area contributed by atoms with E-state index >= 15 is 0 Å². The third kappa shape index (κ3) is 11.0. The van der Waals surface area contributed by atoms with E-state index in [1.165, 1.54) is 12.4 Å². The standard InChI is InChI=1S/C25H23ClN10O2.2C2HF3O2/c26-19-10-28-25-31-18-5-14(8-27-9-18)1-2-16-7-17(30-23(19)33-25)3-4-20(16)32-22(37)6-15-12-36(13-15)24(38)21-11-29-35-34-21;2*3-2(4,5)1(6)7/h3-5,7-11,15H,1-2,6,12-13H2,(H,32,37)(H,29,34,35)(H2,28,30,31,33);2*(H,6,7). The molecule has 52 heavy (non-hydrogen) atoms. The number of aryl methyl sites for hydroxylation is 2. The first kappa shape index (κ1) is 38.7. The Kier molecular flexibility index (Phi) is 12.1. The zero-order valence-corrected chi connectivity index (χ0v) is 26.8. The van der Waals surface area contributed by atoms with Crippen LogP contribution in [0.25, 0.3) is 0 Å². The molecule has 1 saturated heterocycles. The fourth-order valence-corrected chi connectivity index (χ4v) is 4.69. The first-order valence-electron chi connectivity index (χ1n) is 14.6. The van der Waals surface area contributed by atoms with Crippen LogP contribution >= 0.6 is 11.6 Å². The van der Waals surface area contributed by atoms with Gasteiger partial charge in [-0.3, -0.25) is 19.7 Å². The van der Waals surface area contributed by atoms with Gasteiger partial charge in [0.05, 0.1) is 24.3 Å². The smallest absolute Gasteiger partial charge is 0.475 e. The molecule has 5 heterocycles. The van der Waals surface area contributed by atoms with E-state index < -0.39 is 24.3 Å². The van der Waals surface area contributed by atoms with Gasteiger partial charge in [0.1, 0.15) is 5.02 Å².